The number of benzene rings is 2. The second-order valence-electron chi connectivity index (χ2n) is 9.26. The summed E-state index contributed by atoms with van der Waals surface area (Å²) in [5.41, 5.74) is 3.33. The lowest BCUT2D eigenvalue weighted by molar-refractivity contribution is 0.0661. The Balaban J connectivity index is 1.17. The molecular weight excluding hydrogens is 426 g/mol. The Labute approximate surface area is 200 Å². The predicted octanol–water partition coefficient (Wildman–Crippen LogP) is 4.69. The lowest BCUT2D eigenvalue weighted by Crippen LogP contribution is -2.43. The van der Waals surface area contributed by atoms with Crippen LogP contribution in [0.3, 0.4) is 0 Å². The number of hydrogen-bond donors (Lipinski definition) is 1. The van der Waals surface area contributed by atoms with E-state index in [0.29, 0.717) is 24.3 Å². The van der Waals surface area contributed by atoms with Gasteiger partial charge >= 0.3 is 0 Å². The van der Waals surface area contributed by atoms with Crippen molar-refractivity contribution in [3.63, 3.8) is 0 Å². The van der Waals surface area contributed by atoms with E-state index in [-0.39, 0.29) is 12.0 Å². The average Bonchev–Trinajstić information content (AvgIpc) is 3.07. The van der Waals surface area contributed by atoms with Crippen molar-refractivity contribution < 1.29 is 14.3 Å². The summed E-state index contributed by atoms with van der Waals surface area (Å²) >= 11 is 0. The second kappa shape index (κ2) is 9.85. The number of aromatic nitrogens is 1. The highest BCUT2D eigenvalue weighted by atomic mass is 16.5. The van der Waals surface area contributed by atoms with Gasteiger partial charge in [0.25, 0.3) is 5.91 Å². The van der Waals surface area contributed by atoms with Crippen molar-refractivity contribution in [2.24, 2.45) is 0 Å². The molecule has 176 valence electrons. The van der Waals surface area contributed by atoms with Crippen molar-refractivity contribution in [3.8, 4) is 22.6 Å². The summed E-state index contributed by atoms with van der Waals surface area (Å²) in [6.45, 7) is 0.425. The number of pyridine rings is 1. The summed E-state index contributed by atoms with van der Waals surface area (Å²) in [6.07, 6.45) is 6.72. The van der Waals surface area contributed by atoms with Gasteiger partial charge in [-0.15, -0.1) is 0 Å². The second-order valence-corrected chi connectivity index (χ2v) is 9.26. The van der Waals surface area contributed by atoms with Gasteiger partial charge in [-0.2, -0.15) is 0 Å². The molecule has 1 amide bonds. The maximum absolute atomic E-state index is 12.6. The number of hydrogen-bond acceptors (Lipinski definition) is 5. The van der Waals surface area contributed by atoms with E-state index in [0.717, 1.165) is 41.0 Å². The number of amides is 1. The van der Waals surface area contributed by atoms with Gasteiger partial charge in [-0.3, -0.25) is 9.78 Å². The fourth-order valence-electron chi connectivity index (χ4n) is 5.15. The van der Waals surface area contributed by atoms with E-state index in [1.54, 1.807) is 19.4 Å². The quantitative estimate of drug-likeness (QED) is 0.558. The molecule has 3 atom stereocenters. The molecule has 3 aromatic rings. The van der Waals surface area contributed by atoms with Gasteiger partial charge in [-0.05, 0) is 74.2 Å². The zero-order valence-corrected chi connectivity index (χ0v) is 19.7. The van der Waals surface area contributed by atoms with Gasteiger partial charge in [-0.25, -0.2) is 0 Å². The Kier molecular flexibility index (Phi) is 6.50. The first kappa shape index (κ1) is 22.4. The highest BCUT2D eigenvalue weighted by Crippen LogP contribution is 2.36. The SMILES string of the molecule is COc1cccc(-c2ccc(C(=O)NCc3cccc(OC4C[C@H]5CC[C@@H](C4)N5C)c3)nc2)c1. The summed E-state index contributed by atoms with van der Waals surface area (Å²) < 4.78 is 11.6. The van der Waals surface area contributed by atoms with Crippen LogP contribution in [0.1, 0.15) is 41.7 Å². The highest BCUT2D eigenvalue weighted by Gasteiger charge is 2.39. The molecule has 1 aromatic heterocycles. The van der Waals surface area contributed by atoms with Crippen LogP contribution in [0.2, 0.25) is 0 Å². The van der Waals surface area contributed by atoms with E-state index in [1.807, 2.05) is 54.6 Å². The molecule has 6 nitrogen and oxygen atoms in total. The van der Waals surface area contributed by atoms with Crippen LogP contribution in [0.4, 0.5) is 0 Å². The molecule has 1 unspecified atom stereocenters. The van der Waals surface area contributed by atoms with E-state index in [4.69, 9.17) is 9.47 Å². The minimum absolute atomic E-state index is 0.199. The van der Waals surface area contributed by atoms with Gasteiger partial charge < -0.3 is 19.7 Å². The number of rotatable bonds is 7. The van der Waals surface area contributed by atoms with Crippen LogP contribution in [0, 0.1) is 0 Å². The lowest BCUT2D eigenvalue weighted by atomic mass is 10.0. The Bertz CT molecular complexity index is 1130. The Morgan fingerprint density at radius 1 is 1.00 bits per heavy atom. The summed E-state index contributed by atoms with van der Waals surface area (Å²) in [7, 11) is 3.88. The van der Waals surface area contributed by atoms with Crippen molar-refractivity contribution in [1.29, 1.82) is 0 Å². The minimum Gasteiger partial charge on any atom is -0.497 e. The van der Waals surface area contributed by atoms with Crippen LogP contribution in [-0.4, -0.2) is 48.1 Å². The fourth-order valence-corrected chi connectivity index (χ4v) is 5.15. The fraction of sp³-hybridized carbons (Fsp3) is 0.357. The molecule has 2 bridgehead atoms. The van der Waals surface area contributed by atoms with Gasteiger partial charge in [-0.1, -0.05) is 30.3 Å². The molecule has 3 heterocycles. The zero-order chi connectivity index (χ0) is 23.5. The number of methoxy groups -OCH3 is 1. The van der Waals surface area contributed by atoms with Gasteiger partial charge in [0.05, 0.1) is 7.11 Å². The van der Waals surface area contributed by atoms with E-state index in [1.165, 1.54) is 12.8 Å². The molecule has 2 aliphatic heterocycles. The van der Waals surface area contributed by atoms with E-state index in [2.05, 4.69) is 22.2 Å². The maximum atomic E-state index is 12.6. The Morgan fingerprint density at radius 3 is 2.50 bits per heavy atom. The number of nitrogens with one attached hydrogen (secondary N) is 1. The van der Waals surface area contributed by atoms with E-state index < -0.39 is 0 Å². The van der Waals surface area contributed by atoms with E-state index in [9.17, 15) is 4.79 Å². The minimum atomic E-state index is -0.199. The molecule has 2 fully saturated rings. The van der Waals surface area contributed by atoms with Gasteiger partial charge in [0.15, 0.2) is 0 Å². The summed E-state index contributed by atoms with van der Waals surface area (Å²) in [5.74, 6) is 1.46. The molecule has 0 saturated carbocycles. The van der Waals surface area contributed by atoms with E-state index >= 15 is 0 Å². The summed E-state index contributed by atoms with van der Waals surface area (Å²) in [5, 5.41) is 2.97. The van der Waals surface area contributed by atoms with Gasteiger partial charge in [0.2, 0.25) is 0 Å². The molecule has 34 heavy (non-hydrogen) atoms. The van der Waals surface area contributed by atoms with Crippen molar-refractivity contribution in [2.45, 2.75) is 50.4 Å². The van der Waals surface area contributed by atoms with Gasteiger partial charge in [0, 0.05) is 30.4 Å². The first-order chi connectivity index (χ1) is 16.6. The molecule has 1 N–H and O–H groups in total. The molecule has 0 aliphatic carbocycles. The molecule has 6 heteroatoms. The third kappa shape index (κ3) is 4.92. The van der Waals surface area contributed by atoms with Crippen LogP contribution in [-0.2, 0) is 6.54 Å². The van der Waals surface area contributed by atoms with Crippen molar-refractivity contribution >= 4 is 5.91 Å². The first-order valence-electron chi connectivity index (χ1n) is 12.0. The smallest absolute Gasteiger partial charge is 0.270 e. The number of carbonyl (C=O) groups excluding carboxylic acids is 1. The average molecular weight is 458 g/mol. The van der Waals surface area contributed by atoms with Crippen molar-refractivity contribution in [3.05, 3.63) is 78.1 Å². The lowest BCUT2D eigenvalue weighted by Gasteiger charge is -2.36. The van der Waals surface area contributed by atoms with Crippen LogP contribution < -0.4 is 14.8 Å². The van der Waals surface area contributed by atoms with Crippen molar-refractivity contribution in [1.82, 2.24) is 15.2 Å². The number of ether oxygens (including phenoxy) is 2. The first-order valence-corrected chi connectivity index (χ1v) is 12.0. The maximum Gasteiger partial charge on any atom is 0.270 e. The summed E-state index contributed by atoms with van der Waals surface area (Å²) in [6, 6.07) is 20.7. The predicted molar refractivity (Wildman–Crippen MR) is 132 cm³/mol. The molecule has 2 saturated heterocycles. The van der Waals surface area contributed by atoms with Crippen LogP contribution in [0.15, 0.2) is 66.9 Å². The molecule has 0 spiro atoms. The van der Waals surface area contributed by atoms with Crippen molar-refractivity contribution in [2.75, 3.05) is 14.2 Å². The standard InChI is InChI=1S/C28H31N3O3/c1-31-22-10-11-23(31)16-26(15-22)34-25-8-3-5-19(13-25)17-30-28(32)27-12-9-21(18-29-27)20-6-4-7-24(14-20)33-2/h3-9,12-14,18,22-23,26H,10-11,15-17H2,1-2H3,(H,30,32)/t22-,23+,26?. The monoisotopic (exact) mass is 457 g/mol. The molecule has 0 radical (unpaired) electrons. The topological polar surface area (TPSA) is 63.7 Å². The normalized spacial score (nSPS) is 21.8. The molecular formula is C28H31N3O3. The zero-order valence-electron chi connectivity index (χ0n) is 19.7. The van der Waals surface area contributed by atoms with Crippen LogP contribution >= 0.6 is 0 Å². The molecule has 2 aromatic carbocycles. The third-order valence-electron chi connectivity index (χ3n) is 7.11. The number of carbonyl (C=O) groups is 1. The Morgan fingerprint density at radius 2 is 1.76 bits per heavy atom. The van der Waals surface area contributed by atoms with Gasteiger partial charge in [0.1, 0.15) is 23.3 Å². The molecule has 2 aliphatic rings. The van der Waals surface area contributed by atoms with Crippen LogP contribution in [0.5, 0.6) is 11.5 Å². The number of piperidine rings is 1. The third-order valence-corrected chi connectivity index (χ3v) is 7.11. The molecule has 5 rings (SSSR count). The number of nitrogens with zero attached hydrogens (tertiary/aromatic N) is 2. The highest BCUT2D eigenvalue weighted by molar-refractivity contribution is 5.92. The largest absolute Gasteiger partial charge is 0.497 e. The number of fused-ring (bicyclic) bond motifs is 2. The Hall–Kier alpha value is -3.38. The summed E-state index contributed by atoms with van der Waals surface area (Å²) in [4.78, 5) is 19.5. The van der Waals surface area contributed by atoms with Crippen LogP contribution in [0.25, 0.3) is 11.1 Å².